The first-order valence-corrected chi connectivity index (χ1v) is 12.9. The fourth-order valence-electron chi connectivity index (χ4n) is 3.26. The topological polar surface area (TPSA) is 76.0 Å². The summed E-state index contributed by atoms with van der Waals surface area (Å²) in [5.74, 6) is -0.219. The van der Waals surface area contributed by atoms with Crippen LogP contribution in [0.3, 0.4) is 0 Å². The molecule has 0 radical (unpaired) electrons. The van der Waals surface area contributed by atoms with Gasteiger partial charge in [-0.15, -0.1) is 11.8 Å². The van der Waals surface area contributed by atoms with Crippen LogP contribution in [0.2, 0.25) is 0 Å². The van der Waals surface area contributed by atoms with E-state index in [1.54, 1.807) is 37.2 Å². The molecule has 1 heterocycles. The number of hydrazone groups is 1. The average molecular weight is 475 g/mol. The molecule has 2 aromatic rings. The van der Waals surface area contributed by atoms with E-state index in [2.05, 4.69) is 50.1 Å². The van der Waals surface area contributed by atoms with Crippen LogP contribution in [0.1, 0.15) is 37.5 Å². The fourth-order valence-corrected chi connectivity index (χ4v) is 5.34. The molecule has 0 aromatic heterocycles. The van der Waals surface area contributed by atoms with Gasteiger partial charge in [-0.1, -0.05) is 62.7 Å². The summed E-state index contributed by atoms with van der Waals surface area (Å²) < 4.78 is 30.5. The Bertz CT molecular complexity index is 1070. The number of carbonyl (C=O) groups excluding carboxylic acids is 1. The van der Waals surface area contributed by atoms with Crippen LogP contribution in [0, 0.1) is 12.8 Å². The van der Waals surface area contributed by atoms with Gasteiger partial charge in [0.2, 0.25) is 5.91 Å². The van der Waals surface area contributed by atoms with Crippen molar-refractivity contribution < 1.29 is 17.4 Å². The van der Waals surface area contributed by atoms with Crippen molar-refractivity contribution in [1.82, 2.24) is 5.01 Å². The number of thioether (sulfide) groups is 1. The highest BCUT2D eigenvalue weighted by molar-refractivity contribution is 7.99. The number of nitrogens with zero attached hydrogens (tertiary/aromatic N) is 2. The Kier molecular flexibility index (Phi) is 7.47. The Morgan fingerprint density at radius 1 is 1.06 bits per heavy atom. The molecule has 6 nitrogen and oxygen atoms in total. The highest BCUT2D eigenvalue weighted by Gasteiger charge is 2.35. The number of amides is 1. The molecule has 3 rings (SSSR count). The molecule has 8 heteroatoms. The van der Waals surface area contributed by atoms with Gasteiger partial charge in [0.25, 0.3) is 10.1 Å². The molecule has 0 fully saturated rings. The molecule has 0 saturated heterocycles. The first-order chi connectivity index (χ1) is 15.0. The van der Waals surface area contributed by atoms with Gasteiger partial charge in [-0.3, -0.25) is 8.98 Å². The van der Waals surface area contributed by atoms with Crippen LogP contribution in [0.25, 0.3) is 0 Å². The van der Waals surface area contributed by atoms with Crippen molar-refractivity contribution >= 4 is 34.0 Å². The summed E-state index contributed by atoms with van der Waals surface area (Å²) >= 11 is 1.55. The molecule has 0 aliphatic carbocycles. The molecule has 1 amide bonds. The smallest absolute Gasteiger partial charge is 0.272 e. The molecule has 2 unspecified atom stereocenters. The van der Waals surface area contributed by atoms with Crippen LogP contribution in [0.5, 0.6) is 0 Å². The maximum absolute atomic E-state index is 12.7. The van der Waals surface area contributed by atoms with E-state index in [9.17, 15) is 13.2 Å². The van der Waals surface area contributed by atoms with E-state index in [1.807, 2.05) is 6.92 Å². The number of aryl methyl sites for hydroxylation is 1. The minimum Gasteiger partial charge on any atom is -0.272 e. The van der Waals surface area contributed by atoms with Crippen LogP contribution in [0.15, 0.2) is 58.5 Å². The summed E-state index contributed by atoms with van der Waals surface area (Å²) in [7, 11) is -2.39. The van der Waals surface area contributed by atoms with E-state index < -0.39 is 16.0 Å². The molecular formula is C24H30N2O4S2. The molecular weight excluding hydrogens is 444 g/mol. The Morgan fingerprint density at radius 3 is 2.28 bits per heavy atom. The lowest BCUT2D eigenvalue weighted by Crippen LogP contribution is -2.43. The average Bonchev–Trinajstić information content (AvgIpc) is 2.74. The molecule has 0 N–H and O–H groups in total. The Labute approximate surface area is 195 Å². The summed E-state index contributed by atoms with van der Waals surface area (Å²) in [6.07, 6.45) is 1.70. The second-order valence-electron chi connectivity index (χ2n) is 9.01. The van der Waals surface area contributed by atoms with E-state index in [1.165, 1.54) is 22.7 Å². The third-order valence-electron chi connectivity index (χ3n) is 5.39. The van der Waals surface area contributed by atoms with Crippen molar-refractivity contribution in [3.05, 3.63) is 65.2 Å². The van der Waals surface area contributed by atoms with Gasteiger partial charge in [-0.2, -0.15) is 13.5 Å². The van der Waals surface area contributed by atoms with Crippen molar-refractivity contribution in [3.63, 3.8) is 0 Å². The normalized spacial score (nSPS) is 19.4. The number of carbonyl (C=O) groups is 1. The van der Waals surface area contributed by atoms with Crippen LogP contribution in [-0.2, 0) is 30.3 Å². The third kappa shape index (κ3) is 5.99. The third-order valence-corrected chi connectivity index (χ3v) is 8.03. The number of rotatable bonds is 7. The minimum absolute atomic E-state index is 0.0801. The first kappa shape index (κ1) is 24.5. The Morgan fingerprint density at radius 2 is 1.69 bits per heavy atom. The summed E-state index contributed by atoms with van der Waals surface area (Å²) in [5.41, 5.74) is 3.44. The molecule has 172 valence electrons. The van der Waals surface area contributed by atoms with Crippen molar-refractivity contribution in [2.24, 2.45) is 11.0 Å². The maximum Gasteiger partial charge on any atom is 0.296 e. The monoisotopic (exact) mass is 474 g/mol. The number of hydrogen-bond acceptors (Lipinski definition) is 6. The molecule has 0 spiro atoms. The lowest BCUT2D eigenvalue weighted by molar-refractivity contribution is -0.135. The summed E-state index contributed by atoms with van der Waals surface area (Å²) in [6, 6.07) is 14.9. The zero-order chi connectivity index (χ0) is 23.5. The highest BCUT2D eigenvalue weighted by Crippen LogP contribution is 2.29. The van der Waals surface area contributed by atoms with E-state index in [0.29, 0.717) is 5.75 Å². The second-order valence-corrected chi connectivity index (χ2v) is 11.8. The Balaban J connectivity index is 1.68. The van der Waals surface area contributed by atoms with Gasteiger partial charge in [0, 0.05) is 19.0 Å². The van der Waals surface area contributed by atoms with E-state index in [-0.39, 0.29) is 28.1 Å². The van der Waals surface area contributed by atoms with Gasteiger partial charge in [-0.25, -0.2) is 5.01 Å². The second kappa shape index (κ2) is 9.77. The lowest BCUT2D eigenvalue weighted by Gasteiger charge is -2.29. The first-order valence-electron chi connectivity index (χ1n) is 10.5. The molecule has 1 aliphatic heterocycles. The van der Waals surface area contributed by atoms with E-state index in [0.717, 1.165) is 11.1 Å². The van der Waals surface area contributed by atoms with Gasteiger partial charge < -0.3 is 0 Å². The summed E-state index contributed by atoms with van der Waals surface area (Å²) in [4.78, 5) is 12.8. The van der Waals surface area contributed by atoms with Crippen LogP contribution in [0.4, 0.5) is 0 Å². The largest absolute Gasteiger partial charge is 0.296 e. The predicted octanol–water partition coefficient (Wildman–Crippen LogP) is 4.37. The van der Waals surface area contributed by atoms with Crippen molar-refractivity contribution in [3.8, 4) is 0 Å². The van der Waals surface area contributed by atoms with Crippen molar-refractivity contribution in [1.29, 1.82) is 0 Å². The number of benzene rings is 2. The van der Waals surface area contributed by atoms with Crippen molar-refractivity contribution in [2.75, 3.05) is 13.7 Å². The number of hydrogen-bond donors (Lipinski definition) is 0. The molecule has 0 bridgehead atoms. The zero-order valence-electron chi connectivity index (χ0n) is 19.1. The predicted molar refractivity (Wildman–Crippen MR) is 129 cm³/mol. The quantitative estimate of drug-likeness (QED) is 0.557. The minimum atomic E-state index is -3.95. The van der Waals surface area contributed by atoms with Gasteiger partial charge in [-0.05, 0) is 35.6 Å². The van der Waals surface area contributed by atoms with Crippen molar-refractivity contribution in [2.45, 2.75) is 49.0 Å². The summed E-state index contributed by atoms with van der Waals surface area (Å²) in [6.45, 7) is 8.17. The summed E-state index contributed by atoms with van der Waals surface area (Å²) in [5, 5.41) is 5.10. The van der Waals surface area contributed by atoms with Crippen LogP contribution >= 0.6 is 11.8 Å². The SMILES string of the molecule is Cc1ccc(S(=O)(=O)OCC2C(=O)N(C)N=CC2SCc2ccc(C(C)(C)C)cc2)cc1. The zero-order valence-corrected chi connectivity index (χ0v) is 20.7. The standard InChI is InChI=1S/C24H30N2O4S2/c1-17-6-12-20(13-7-17)32(28,29)30-15-21-22(14-25-26(5)23(21)27)31-16-18-8-10-19(11-9-18)24(2,3)4/h6-14,21-22H,15-16H2,1-5H3. The maximum atomic E-state index is 12.7. The van der Waals surface area contributed by atoms with Gasteiger partial charge in [0.05, 0.1) is 22.7 Å². The van der Waals surface area contributed by atoms with Gasteiger partial charge in [0.15, 0.2) is 0 Å². The Hall–Kier alpha value is -2.16. The molecule has 2 atom stereocenters. The lowest BCUT2D eigenvalue weighted by atomic mass is 9.87. The molecule has 32 heavy (non-hydrogen) atoms. The molecule has 2 aromatic carbocycles. The van der Waals surface area contributed by atoms with E-state index in [4.69, 9.17) is 4.18 Å². The molecule has 1 aliphatic rings. The van der Waals surface area contributed by atoms with Crippen LogP contribution < -0.4 is 0 Å². The van der Waals surface area contributed by atoms with E-state index >= 15 is 0 Å². The molecule has 0 saturated carbocycles. The highest BCUT2D eigenvalue weighted by atomic mass is 32.2. The fraction of sp³-hybridized carbons (Fsp3) is 0.417. The van der Waals surface area contributed by atoms with Gasteiger partial charge in [0.1, 0.15) is 0 Å². The van der Waals surface area contributed by atoms with Gasteiger partial charge >= 0.3 is 0 Å². The van der Waals surface area contributed by atoms with Crippen LogP contribution in [-0.4, -0.2) is 44.5 Å².